The maximum absolute atomic E-state index is 7.82. The second kappa shape index (κ2) is 4.34. The van der Waals surface area contributed by atoms with Gasteiger partial charge in [-0.15, -0.1) is 0 Å². The molecule has 0 rings (SSSR count). The van der Waals surface area contributed by atoms with Gasteiger partial charge >= 0.3 is 7.32 Å². The fourth-order valence-corrected chi connectivity index (χ4v) is 0.227. The summed E-state index contributed by atoms with van der Waals surface area (Å²) in [6.45, 7) is 4.79. The van der Waals surface area contributed by atoms with Crippen molar-refractivity contribution in [3.8, 4) is 0 Å². The highest BCUT2D eigenvalue weighted by atomic mass is 17.2. The number of rotatable bonds is 4. The Balaban J connectivity index is 3.43. The molecule has 2 N–H and O–H groups in total. The fourth-order valence-electron chi connectivity index (χ4n) is 0.227. The summed E-state index contributed by atoms with van der Waals surface area (Å²) in [5.74, 6) is 0.253. The van der Waals surface area contributed by atoms with E-state index < -0.39 is 7.32 Å². The van der Waals surface area contributed by atoms with Crippen molar-refractivity contribution in [2.75, 3.05) is 0 Å². The molecule has 0 spiro atoms. The van der Waals surface area contributed by atoms with Crippen molar-refractivity contribution in [2.24, 2.45) is 0 Å². The van der Waals surface area contributed by atoms with E-state index >= 15 is 0 Å². The summed E-state index contributed by atoms with van der Waals surface area (Å²) in [5.41, 5.74) is 0. The van der Waals surface area contributed by atoms with Crippen molar-refractivity contribution in [1.29, 1.82) is 0 Å². The molecule has 6 heteroatoms. The molecule has 5 nitrogen and oxygen atoms in total. The second-order valence-electron chi connectivity index (χ2n) is 1.32. The minimum absolute atomic E-state index is 0.253. The van der Waals surface area contributed by atoms with Crippen LogP contribution in [0.3, 0.4) is 0 Å². The van der Waals surface area contributed by atoms with Crippen molar-refractivity contribution < 1.29 is 24.8 Å². The van der Waals surface area contributed by atoms with E-state index in [1.165, 1.54) is 6.92 Å². The molecule has 0 amide bonds. The lowest BCUT2D eigenvalue weighted by Gasteiger charge is -2.05. The van der Waals surface area contributed by atoms with E-state index in [-0.39, 0.29) is 5.76 Å². The summed E-state index contributed by atoms with van der Waals surface area (Å²) in [6.07, 6.45) is 0. The molecule has 0 unspecified atom stereocenters. The predicted octanol–water partition coefficient (Wildman–Crippen LogP) is 0.501. The number of allylic oxidation sites excluding steroid dienone is 1. The van der Waals surface area contributed by atoms with Crippen LogP contribution in [0.2, 0.25) is 0 Å². The Bertz CT molecular complexity index is 90.2. The maximum Gasteiger partial charge on any atom is 0.769 e. The zero-order chi connectivity index (χ0) is 7.28. The van der Waals surface area contributed by atoms with Gasteiger partial charge in [0.05, 0.1) is 5.76 Å². The molecule has 0 atom stereocenters. The summed E-state index contributed by atoms with van der Waals surface area (Å²) < 4.78 is 4.41. The van der Waals surface area contributed by atoms with Crippen LogP contribution in [0.1, 0.15) is 6.92 Å². The number of hydrogen-bond donors (Lipinski definition) is 2. The van der Waals surface area contributed by atoms with Crippen molar-refractivity contribution in [3.05, 3.63) is 12.3 Å². The average Bonchev–Trinajstić information content (AvgIpc) is 1.82. The molecule has 0 aromatic rings. The van der Waals surface area contributed by atoms with Gasteiger partial charge in [-0.25, -0.2) is 9.61 Å². The van der Waals surface area contributed by atoms with Gasteiger partial charge in [-0.05, 0) is 6.92 Å². The first-order valence-corrected chi connectivity index (χ1v) is 2.13. The molecule has 0 aromatic heterocycles. The topological polar surface area (TPSA) is 68.2 Å². The smallest absolute Gasteiger partial charge is 0.514 e. The Morgan fingerprint density at radius 3 is 2.00 bits per heavy atom. The molecular weight excluding hydrogens is 127 g/mol. The Hall–Kier alpha value is -0.555. The van der Waals surface area contributed by atoms with E-state index in [1.807, 2.05) is 0 Å². The van der Waals surface area contributed by atoms with Gasteiger partial charge in [-0.1, -0.05) is 6.58 Å². The normalized spacial score (nSPS) is 8.78. The lowest BCUT2D eigenvalue weighted by atomic mass is 10.2. The molecule has 0 aliphatic rings. The third-order valence-corrected chi connectivity index (χ3v) is 0.470. The minimum Gasteiger partial charge on any atom is -0.514 e. The molecule has 0 bridgehead atoms. The van der Waals surface area contributed by atoms with Crippen LogP contribution in [-0.2, 0) is 14.3 Å². The largest absolute Gasteiger partial charge is 0.769 e. The van der Waals surface area contributed by atoms with Gasteiger partial charge in [-0.3, -0.25) is 10.5 Å². The highest BCUT2D eigenvalue weighted by Crippen LogP contribution is 1.95. The summed E-state index contributed by atoms with van der Waals surface area (Å²) in [5, 5.41) is 15.6. The van der Waals surface area contributed by atoms with Crippen LogP contribution in [0.4, 0.5) is 0 Å². The number of hydrogen-bond acceptors (Lipinski definition) is 5. The van der Waals surface area contributed by atoms with Crippen LogP contribution in [0.5, 0.6) is 0 Å². The summed E-state index contributed by atoms with van der Waals surface area (Å²) >= 11 is 0. The van der Waals surface area contributed by atoms with E-state index in [2.05, 4.69) is 20.8 Å². The average molecular weight is 134 g/mol. The molecule has 0 aliphatic heterocycles. The molecule has 0 saturated heterocycles. The van der Waals surface area contributed by atoms with Crippen molar-refractivity contribution in [1.82, 2.24) is 0 Å². The molecule has 0 fully saturated rings. The zero-order valence-corrected chi connectivity index (χ0v) is 4.90. The van der Waals surface area contributed by atoms with E-state index in [9.17, 15) is 0 Å². The fraction of sp³-hybridized carbons (Fsp3) is 0.333. The van der Waals surface area contributed by atoms with Gasteiger partial charge in [0.1, 0.15) is 0 Å². The van der Waals surface area contributed by atoms with Crippen LogP contribution in [0.25, 0.3) is 0 Å². The molecule has 9 heavy (non-hydrogen) atoms. The first-order chi connectivity index (χ1) is 4.20. The first kappa shape index (κ1) is 8.44. The Labute approximate surface area is 52.5 Å². The molecule has 0 aromatic carbocycles. The van der Waals surface area contributed by atoms with E-state index in [4.69, 9.17) is 10.5 Å². The Morgan fingerprint density at radius 1 is 1.44 bits per heavy atom. The van der Waals surface area contributed by atoms with Crippen LogP contribution < -0.4 is 0 Å². The third kappa shape index (κ3) is 3.98. The van der Waals surface area contributed by atoms with Gasteiger partial charge in [0.25, 0.3) is 0 Å². The lowest BCUT2D eigenvalue weighted by Crippen LogP contribution is -2.23. The highest BCUT2D eigenvalue weighted by molar-refractivity contribution is 6.35. The van der Waals surface area contributed by atoms with Crippen molar-refractivity contribution >= 4 is 7.32 Å². The highest BCUT2D eigenvalue weighted by Gasteiger charge is 2.23. The van der Waals surface area contributed by atoms with Gasteiger partial charge in [0.2, 0.25) is 0 Å². The standard InChI is InChI=1S/C3H7BO5/c1-3(2)7-4(8-5)9-6/h5-6H,1H2,2H3. The molecule has 0 radical (unpaired) electrons. The monoisotopic (exact) mass is 134 g/mol. The molecule has 0 saturated carbocycles. The first-order valence-electron chi connectivity index (χ1n) is 2.13. The van der Waals surface area contributed by atoms with Crippen LogP contribution >= 0.6 is 0 Å². The van der Waals surface area contributed by atoms with E-state index in [0.29, 0.717) is 0 Å². The van der Waals surface area contributed by atoms with E-state index in [0.717, 1.165) is 0 Å². The molecule has 52 valence electrons. The minimum atomic E-state index is -1.51. The van der Waals surface area contributed by atoms with E-state index in [1.54, 1.807) is 0 Å². The van der Waals surface area contributed by atoms with Crippen molar-refractivity contribution in [3.63, 3.8) is 0 Å². The summed E-state index contributed by atoms with van der Waals surface area (Å²) in [7, 11) is -1.51. The third-order valence-electron chi connectivity index (χ3n) is 0.470. The SMILES string of the molecule is C=C(C)OB(OO)OO. The Kier molecular flexibility index (Phi) is 4.07. The second-order valence-corrected chi connectivity index (χ2v) is 1.32. The zero-order valence-electron chi connectivity index (χ0n) is 4.90. The van der Waals surface area contributed by atoms with Crippen LogP contribution in [0, 0.1) is 0 Å². The van der Waals surface area contributed by atoms with Gasteiger partial charge in [0, 0.05) is 0 Å². The van der Waals surface area contributed by atoms with Gasteiger partial charge in [0.15, 0.2) is 0 Å². The molecule has 0 heterocycles. The van der Waals surface area contributed by atoms with Gasteiger partial charge in [-0.2, -0.15) is 0 Å². The maximum atomic E-state index is 7.82. The van der Waals surface area contributed by atoms with Crippen LogP contribution in [0.15, 0.2) is 12.3 Å². The van der Waals surface area contributed by atoms with Crippen LogP contribution in [-0.4, -0.2) is 17.8 Å². The van der Waals surface area contributed by atoms with Gasteiger partial charge < -0.3 is 4.65 Å². The summed E-state index contributed by atoms with van der Waals surface area (Å²) in [4.78, 5) is 6.91. The summed E-state index contributed by atoms with van der Waals surface area (Å²) in [6, 6.07) is 0. The molecular formula is C3H7BO5. The Morgan fingerprint density at radius 2 is 1.89 bits per heavy atom. The molecule has 0 aliphatic carbocycles. The quantitative estimate of drug-likeness (QED) is 0.253. The lowest BCUT2D eigenvalue weighted by molar-refractivity contribution is -0.246. The van der Waals surface area contributed by atoms with Crippen molar-refractivity contribution in [2.45, 2.75) is 6.92 Å². The predicted molar refractivity (Wildman–Crippen MR) is 29.1 cm³/mol.